The van der Waals surface area contributed by atoms with Crippen LogP contribution in [0.25, 0.3) is 0 Å². The molecule has 134 valence electrons. The van der Waals surface area contributed by atoms with Gasteiger partial charge in [0.25, 0.3) is 0 Å². The zero-order chi connectivity index (χ0) is 17.0. The van der Waals surface area contributed by atoms with Crippen LogP contribution in [0.1, 0.15) is 30.4 Å². The second-order valence-corrected chi connectivity index (χ2v) is 8.20. The average molecular weight is 359 g/mol. The van der Waals surface area contributed by atoms with Crippen LogP contribution in [0.3, 0.4) is 0 Å². The largest absolute Gasteiger partial charge is 0.375 e. The molecule has 0 bridgehead atoms. The summed E-state index contributed by atoms with van der Waals surface area (Å²) < 4.78 is 11.9. The Morgan fingerprint density at radius 3 is 2.80 bits per heavy atom. The quantitative estimate of drug-likeness (QED) is 0.788. The number of hydrogen-bond acceptors (Lipinski definition) is 5. The smallest absolute Gasteiger partial charge is 0.0815 e. The minimum Gasteiger partial charge on any atom is -0.375 e. The molecule has 0 aliphatic carbocycles. The summed E-state index contributed by atoms with van der Waals surface area (Å²) in [7, 11) is 0. The molecule has 0 unspecified atom stereocenters. The molecule has 1 atom stereocenters. The van der Waals surface area contributed by atoms with Gasteiger partial charge in [0.05, 0.1) is 25.9 Å². The molecule has 0 radical (unpaired) electrons. The van der Waals surface area contributed by atoms with Crippen LogP contribution in [0.5, 0.6) is 0 Å². The van der Waals surface area contributed by atoms with Gasteiger partial charge in [-0.05, 0) is 77.9 Å². The van der Waals surface area contributed by atoms with E-state index in [-0.39, 0.29) is 6.10 Å². The summed E-state index contributed by atoms with van der Waals surface area (Å²) in [5.41, 5.74) is 3.01. The molecule has 4 rings (SSSR count). The van der Waals surface area contributed by atoms with E-state index in [4.69, 9.17) is 9.47 Å². The van der Waals surface area contributed by atoms with Crippen LogP contribution in [0.2, 0.25) is 0 Å². The number of piperidine rings is 1. The van der Waals surface area contributed by atoms with Crippen LogP contribution in [0.4, 0.5) is 0 Å². The lowest BCUT2D eigenvalue weighted by Crippen LogP contribution is -2.40. The van der Waals surface area contributed by atoms with Gasteiger partial charge in [-0.3, -0.25) is 9.88 Å². The van der Waals surface area contributed by atoms with Gasteiger partial charge >= 0.3 is 0 Å². The topological polar surface area (TPSA) is 34.6 Å². The van der Waals surface area contributed by atoms with Gasteiger partial charge in [-0.25, -0.2) is 0 Å². The molecular weight excluding hydrogens is 332 g/mol. The zero-order valence-electron chi connectivity index (χ0n) is 14.6. The highest BCUT2D eigenvalue weighted by Crippen LogP contribution is 2.42. The molecular formula is C20H26N2O2S. The molecule has 4 heterocycles. The Kier molecular flexibility index (Phi) is 5.46. The molecule has 25 heavy (non-hydrogen) atoms. The number of likely N-dealkylation sites (tertiary alicyclic amines) is 1. The Labute approximate surface area is 153 Å². The van der Waals surface area contributed by atoms with Crippen molar-refractivity contribution in [2.45, 2.75) is 38.5 Å². The van der Waals surface area contributed by atoms with E-state index in [9.17, 15) is 0 Å². The first kappa shape index (κ1) is 17.2. The number of ether oxygens (including phenoxy) is 2. The van der Waals surface area contributed by atoms with E-state index in [1.165, 1.54) is 37.1 Å². The first-order valence-corrected chi connectivity index (χ1v) is 10.1. The van der Waals surface area contributed by atoms with Crippen molar-refractivity contribution < 1.29 is 9.47 Å². The van der Waals surface area contributed by atoms with E-state index >= 15 is 0 Å². The SMILES string of the molecule is c1cc(COC[C@@H]2CC3(CCN(Cc4ccsc4)CC3)CO2)ccn1. The molecule has 4 nitrogen and oxygen atoms in total. The highest BCUT2D eigenvalue weighted by molar-refractivity contribution is 7.07. The molecule has 5 heteroatoms. The van der Waals surface area contributed by atoms with Crippen molar-refractivity contribution in [3.05, 3.63) is 52.5 Å². The Morgan fingerprint density at radius 2 is 2.04 bits per heavy atom. The second-order valence-electron chi connectivity index (χ2n) is 7.42. The predicted molar refractivity (Wildman–Crippen MR) is 99.5 cm³/mol. The fourth-order valence-electron chi connectivity index (χ4n) is 3.96. The van der Waals surface area contributed by atoms with E-state index in [0.29, 0.717) is 18.6 Å². The van der Waals surface area contributed by atoms with Gasteiger partial charge in [-0.2, -0.15) is 11.3 Å². The van der Waals surface area contributed by atoms with Crippen molar-refractivity contribution in [3.8, 4) is 0 Å². The third kappa shape index (κ3) is 4.47. The highest BCUT2D eigenvalue weighted by atomic mass is 32.1. The lowest BCUT2D eigenvalue weighted by molar-refractivity contribution is 0.00633. The van der Waals surface area contributed by atoms with E-state index in [2.05, 4.69) is 26.7 Å². The molecule has 0 aromatic carbocycles. The highest BCUT2D eigenvalue weighted by Gasteiger charge is 2.42. The maximum atomic E-state index is 6.07. The predicted octanol–water partition coefficient (Wildman–Crippen LogP) is 3.73. The number of rotatable bonds is 6. The summed E-state index contributed by atoms with van der Waals surface area (Å²) in [4.78, 5) is 6.62. The Morgan fingerprint density at radius 1 is 1.20 bits per heavy atom. The molecule has 2 aromatic heterocycles. The van der Waals surface area contributed by atoms with Crippen molar-refractivity contribution in [1.82, 2.24) is 9.88 Å². The van der Waals surface area contributed by atoms with Gasteiger partial charge in [0.1, 0.15) is 0 Å². The number of aromatic nitrogens is 1. The maximum absolute atomic E-state index is 6.07. The van der Waals surface area contributed by atoms with Crippen molar-refractivity contribution in [1.29, 1.82) is 0 Å². The van der Waals surface area contributed by atoms with Crippen LogP contribution in [-0.2, 0) is 22.6 Å². The molecule has 0 saturated carbocycles. The van der Waals surface area contributed by atoms with E-state index in [0.717, 1.165) is 19.6 Å². The number of thiophene rings is 1. The van der Waals surface area contributed by atoms with Crippen LogP contribution in [0.15, 0.2) is 41.4 Å². The second kappa shape index (κ2) is 7.96. The van der Waals surface area contributed by atoms with Crippen LogP contribution < -0.4 is 0 Å². The third-order valence-electron chi connectivity index (χ3n) is 5.51. The minimum absolute atomic E-state index is 0.255. The Hall–Kier alpha value is -1.27. The van der Waals surface area contributed by atoms with E-state index in [1.807, 2.05) is 24.5 Å². The summed E-state index contributed by atoms with van der Waals surface area (Å²) >= 11 is 1.79. The van der Waals surface area contributed by atoms with Gasteiger partial charge in [-0.15, -0.1) is 0 Å². The molecule has 0 amide bonds. The minimum atomic E-state index is 0.255. The van der Waals surface area contributed by atoms with Crippen LogP contribution in [-0.4, -0.2) is 42.3 Å². The number of pyridine rings is 1. The van der Waals surface area contributed by atoms with Crippen molar-refractivity contribution >= 4 is 11.3 Å². The van der Waals surface area contributed by atoms with Crippen LogP contribution >= 0.6 is 11.3 Å². The lowest BCUT2D eigenvalue weighted by Gasteiger charge is -2.38. The Bertz CT molecular complexity index is 639. The molecule has 2 aliphatic heterocycles. The summed E-state index contributed by atoms with van der Waals surface area (Å²) in [6.07, 6.45) is 7.52. The van der Waals surface area contributed by atoms with E-state index in [1.54, 1.807) is 11.3 Å². The summed E-state index contributed by atoms with van der Waals surface area (Å²) in [6, 6.07) is 6.24. The average Bonchev–Trinajstić information content (AvgIpc) is 3.29. The molecule has 2 aromatic rings. The van der Waals surface area contributed by atoms with Gasteiger partial charge in [-0.1, -0.05) is 0 Å². The molecule has 2 aliphatic rings. The maximum Gasteiger partial charge on any atom is 0.0815 e. The molecule has 2 saturated heterocycles. The number of nitrogens with zero attached hydrogens (tertiary/aromatic N) is 2. The monoisotopic (exact) mass is 358 g/mol. The fourth-order valence-corrected chi connectivity index (χ4v) is 4.62. The van der Waals surface area contributed by atoms with Crippen molar-refractivity contribution in [2.24, 2.45) is 5.41 Å². The number of hydrogen-bond donors (Lipinski definition) is 0. The van der Waals surface area contributed by atoms with Gasteiger partial charge in [0, 0.05) is 18.9 Å². The first-order valence-electron chi connectivity index (χ1n) is 9.13. The first-order chi connectivity index (χ1) is 12.3. The van der Waals surface area contributed by atoms with E-state index < -0.39 is 0 Å². The summed E-state index contributed by atoms with van der Waals surface area (Å²) in [6.45, 7) is 5.71. The van der Waals surface area contributed by atoms with Gasteiger partial charge < -0.3 is 9.47 Å². The summed E-state index contributed by atoms with van der Waals surface area (Å²) in [5.74, 6) is 0. The van der Waals surface area contributed by atoms with Crippen molar-refractivity contribution in [3.63, 3.8) is 0 Å². The molecule has 2 fully saturated rings. The summed E-state index contributed by atoms with van der Waals surface area (Å²) in [5, 5.41) is 4.43. The zero-order valence-corrected chi connectivity index (χ0v) is 15.4. The van der Waals surface area contributed by atoms with Gasteiger partial charge in [0.2, 0.25) is 0 Å². The fraction of sp³-hybridized carbons (Fsp3) is 0.550. The lowest BCUT2D eigenvalue weighted by atomic mass is 9.76. The normalized spacial score (nSPS) is 23.3. The molecule has 1 spiro atoms. The van der Waals surface area contributed by atoms with Crippen molar-refractivity contribution in [2.75, 3.05) is 26.3 Å². The standard InChI is InChI=1S/C20H26N2O2S/c1-6-21-7-2-17(1)13-23-14-19-11-20(16-24-19)4-8-22(9-5-20)12-18-3-10-25-15-18/h1-3,6-7,10,15,19H,4-5,8-9,11-14,16H2/t19-/m0/s1. The molecule has 0 N–H and O–H groups in total. The van der Waals surface area contributed by atoms with Crippen LogP contribution in [0, 0.1) is 5.41 Å². The third-order valence-corrected chi connectivity index (χ3v) is 6.24. The van der Waals surface area contributed by atoms with Gasteiger partial charge in [0.15, 0.2) is 0 Å². The Balaban J connectivity index is 1.20.